The highest BCUT2D eigenvalue weighted by Gasteiger charge is 2.32. The van der Waals surface area contributed by atoms with Crippen LogP contribution in [0, 0.1) is 12.8 Å². The zero-order valence-electron chi connectivity index (χ0n) is 9.40. The van der Waals surface area contributed by atoms with E-state index in [4.69, 9.17) is 0 Å². The van der Waals surface area contributed by atoms with Crippen molar-refractivity contribution in [3.8, 4) is 0 Å². The van der Waals surface area contributed by atoms with Crippen molar-refractivity contribution in [2.24, 2.45) is 5.92 Å². The first kappa shape index (κ1) is 10.7. The zero-order chi connectivity index (χ0) is 10.8. The van der Waals surface area contributed by atoms with Crippen molar-refractivity contribution in [3.05, 3.63) is 35.4 Å². The van der Waals surface area contributed by atoms with Crippen molar-refractivity contribution in [1.82, 2.24) is 5.32 Å². The summed E-state index contributed by atoms with van der Waals surface area (Å²) in [5.74, 6) is 0.874. The molecule has 2 atom stereocenters. The Bertz CT molecular complexity index is 331. The minimum absolute atomic E-state index is 0.266. The van der Waals surface area contributed by atoms with Crippen molar-refractivity contribution in [3.63, 3.8) is 0 Å². The molecule has 0 saturated carbocycles. The molecular weight excluding hydrogens is 186 g/mol. The predicted octanol–water partition coefficient (Wildman–Crippen LogP) is 1.68. The lowest BCUT2D eigenvalue weighted by Gasteiger charge is -2.37. The Labute approximate surface area is 91.3 Å². The largest absolute Gasteiger partial charge is 0.393 e. The van der Waals surface area contributed by atoms with E-state index in [9.17, 15) is 5.11 Å². The Morgan fingerprint density at radius 2 is 2.00 bits per heavy atom. The average Bonchev–Trinajstić information content (AvgIpc) is 2.12. The van der Waals surface area contributed by atoms with E-state index in [1.807, 2.05) is 6.92 Å². The summed E-state index contributed by atoms with van der Waals surface area (Å²) >= 11 is 0. The molecule has 2 rings (SSSR count). The van der Waals surface area contributed by atoms with Gasteiger partial charge in [-0.3, -0.25) is 0 Å². The van der Waals surface area contributed by atoms with Gasteiger partial charge in [0.25, 0.3) is 0 Å². The number of aliphatic hydroxyl groups excluding tert-OH is 1. The first-order chi connectivity index (χ1) is 7.20. The van der Waals surface area contributed by atoms with Crippen LogP contribution in [0.3, 0.4) is 0 Å². The molecule has 2 unspecified atom stereocenters. The maximum absolute atomic E-state index is 9.90. The monoisotopic (exact) mass is 205 g/mol. The second-order valence-electron chi connectivity index (χ2n) is 4.54. The quantitative estimate of drug-likeness (QED) is 0.787. The SMILES string of the molecule is Cc1ccccc1C(C(C)O)C1CNC1. The molecule has 0 spiro atoms. The number of aliphatic hydroxyl groups is 1. The molecule has 2 N–H and O–H groups in total. The fraction of sp³-hybridized carbons (Fsp3) is 0.538. The van der Waals surface area contributed by atoms with E-state index in [-0.39, 0.29) is 12.0 Å². The maximum atomic E-state index is 9.90. The van der Waals surface area contributed by atoms with E-state index < -0.39 is 0 Å². The van der Waals surface area contributed by atoms with Crippen LogP contribution in [0.2, 0.25) is 0 Å². The van der Waals surface area contributed by atoms with Gasteiger partial charge in [0.2, 0.25) is 0 Å². The minimum Gasteiger partial charge on any atom is -0.393 e. The Balaban J connectivity index is 2.27. The third-order valence-corrected chi connectivity index (χ3v) is 3.39. The van der Waals surface area contributed by atoms with Crippen LogP contribution in [-0.4, -0.2) is 24.3 Å². The van der Waals surface area contributed by atoms with Crippen LogP contribution in [-0.2, 0) is 0 Å². The van der Waals surface area contributed by atoms with Crippen molar-refractivity contribution in [2.75, 3.05) is 13.1 Å². The number of benzene rings is 1. The van der Waals surface area contributed by atoms with Gasteiger partial charge in [-0.1, -0.05) is 24.3 Å². The molecule has 1 aliphatic rings. The molecule has 2 nitrogen and oxygen atoms in total. The second kappa shape index (κ2) is 4.33. The number of hydrogen-bond acceptors (Lipinski definition) is 2. The number of rotatable bonds is 3. The van der Waals surface area contributed by atoms with Gasteiger partial charge < -0.3 is 10.4 Å². The molecule has 1 aliphatic heterocycles. The first-order valence-electron chi connectivity index (χ1n) is 5.64. The van der Waals surface area contributed by atoms with Gasteiger partial charge in [-0.05, 0) is 44.0 Å². The van der Waals surface area contributed by atoms with Gasteiger partial charge in [-0.2, -0.15) is 0 Å². The molecule has 0 amide bonds. The molecule has 15 heavy (non-hydrogen) atoms. The summed E-state index contributed by atoms with van der Waals surface area (Å²) < 4.78 is 0. The van der Waals surface area contributed by atoms with E-state index in [1.165, 1.54) is 11.1 Å². The Morgan fingerprint density at radius 1 is 1.33 bits per heavy atom. The summed E-state index contributed by atoms with van der Waals surface area (Å²) in [5, 5.41) is 13.2. The van der Waals surface area contributed by atoms with Gasteiger partial charge in [-0.25, -0.2) is 0 Å². The number of nitrogens with one attached hydrogen (secondary N) is 1. The van der Waals surface area contributed by atoms with E-state index >= 15 is 0 Å². The van der Waals surface area contributed by atoms with Crippen LogP contribution in [0.25, 0.3) is 0 Å². The van der Waals surface area contributed by atoms with Gasteiger partial charge >= 0.3 is 0 Å². The topological polar surface area (TPSA) is 32.3 Å². The molecule has 1 aromatic rings. The number of hydrogen-bond donors (Lipinski definition) is 2. The van der Waals surface area contributed by atoms with Gasteiger partial charge in [0, 0.05) is 5.92 Å². The highest BCUT2D eigenvalue weighted by atomic mass is 16.3. The molecular formula is C13H19NO. The molecule has 82 valence electrons. The summed E-state index contributed by atoms with van der Waals surface area (Å²) in [6.45, 7) is 6.08. The Hall–Kier alpha value is -0.860. The summed E-state index contributed by atoms with van der Waals surface area (Å²) in [4.78, 5) is 0. The molecule has 2 heteroatoms. The molecule has 1 saturated heterocycles. The first-order valence-corrected chi connectivity index (χ1v) is 5.64. The van der Waals surface area contributed by atoms with Gasteiger partial charge in [0.15, 0.2) is 0 Å². The molecule has 0 aromatic heterocycles. The summed E-state index contributed by atoms with van der Waals surface area (Å²) in [6, 6.07) is 8.38. The fourth-order valence-electron chi connectivity index (χ4n) is 2.43. The predicted molar refractivity (Wildman–Crippen MR) is 62.0 cm³/mol. The van der Waals surface area contributed by atoms with Crippen molar-refractivity contribution in [2.45, 2.75) is 25.9 Å². The van der Waals surface area contributed by atoms with Gasteiger partial charge in [-0.15, -0.1) is 0 Å². The van der Waals surface area contributed by atoms with Crippen LogP contribution < -0.4 is 5.32 Å². The van der Waals surface area contributed by atoms with Crippen LogP contribution in [0.1, 0.15) is 24.0 Å². The second-order valence-corrected chi connectivity index (χ2v) is 4.54. The smallest absolute Gasteiger partial charge is 0.0584 e. The standard InChI is InChI=1S/C13H19NO/c1-9-5-3-4-6-12(9)13(10(2)15)11-7-14-8-11/h3-6,10-11,13-15H,7-8H2,1-2H3. The van der Waals surface area contributed by atoms with E-state index in [0.717, 1.165) is 13.1 Å². The van der Waals surface area contributed by atoms with Crippen LogP contribution >= 0.6 is 0 Å². The van der Waals surface area contributed by atoms with Crippen LogP contribution in [0.4, 0.5) is 0 Å². The summed E-state index contributed by atoms with van der Waals surface area (Å²) in [7, 11) is 0. The summed E-state index contributed by atoms with van der Waals surface area (Å²) in [5.41, 5.74) is 2.59. The van der Waals surface area contributed by atoms with E-state index in [0.29, 0.717) is 5.92 Å². The van der Waals surface area contributed by atoms with Crippen LogP contribution in [0.5, 0.6) is 0 Å². The third kappa shape index (κ3) is 2.06. The van der Waals surface area contributed by atoms with Crippen LogP contribution in [0.15, 0.2) is 24.3 Å². The zero-order valence-corrected chi connectivity index (χ0v) is 9.40. The molecule has 0 aliphatic carbocycles. The van der Waals surface area contributed by atoms with Crippen molar-refractivity contribution < 1.29 is 5.11 Å². The molecule has 1 fully saturated rings. The number of aryl methyl sites for hydroxylation is 1. The lowest BCUT2D eigenvalue weighted by atomic mass is 9.78. The van der Waals surface area contributed by atoms with E-state index in [1.54, 1.807) is 0 Å². The van der Waals surface area contributed by atoms with Gasteiger partial charge in [0.1, 0.15) is 0 Å². The molecule has 1 aromatic carbocycles. The third-order valence-electron chi connectivity index (χ3n) is 3.39. The molecule has 1 heterocycles. The molecule has 0 radical (unpaired) electrons. The van der Waals surface area contributed by atoms with Gasteiger partial charge in [0.05, 0.1) is 6.10 Å². The minimum atomic E-state index is -0.266. The Kier molecular flexibility index (Phi) is 3.08. The molecule has 0 bridgehead atoms. The maximum Gasteiger partial charge on any atom is 0.0584 e. The lowest BCUT2D eigenvalue weighted by Crippen LogP contribution is -2.47. The van der Waals surface area contributed by atoms with Crippen molar-refractivity contribution >= 4 is 0 Å². The average molecular weight is 205 g/mol. The summed E-state index contributed by atoms with van der Waals surface area (Å²) in [6.07, 6.45) is -0.266. The lowest BCUT2D eigenvalue weighted by molar-refractivity contribution is 0.111. The Morgan fingerprint density at radius 3 is 2.47 bits per heavy atom. The highest BCUT2D eigenvalue weighted by Crippen LogP contribution is 2.32. The normalized spacial score (nSPS) is 20.7. The highest BCUT2D eigenvalue weighted by molar-refractivity contribution is 5.31. The fourth-order valence-corrected chi connectivity index (χ4v) is 2.43. The van der Waals surface area contributed by atoms with Crippen molar-refractivity contribution in [1.29, 1.82) is 0 Å². The van der Waals surface area contributed by atoms with E-state index in [2.05, 4.69) is 36.5 Å².